The van der Waals surface area contributed by atoms with E-state index in [4.69, 9.17) is 10.2 Å². The molecule has 0 fully saturated rings. The van der Waals surface area contributed by atoms with E-state index < -0.39 is 31.1 Å². The quantitative estimate of drug-likeness (QED) is 0.792. The van der Waals surface area contributed by atoms with E-state index in [1.807, 2.05) is 0 Å². The number of halogens is 1. The maximum absolute atomic E-state index is 12.0. The molecule has 6 heteroatoms. The van der Waals surface area contributed by atoms with E-state index in [-0.39, 0.29) is 5.56 Å². The lowest BCUT2D eigenvalue weighted by atomic mass is 10.1. The molecule has 90 valence electrons. The number of hydrogen-bond donors (Lipinski definition) is 2. The van der Waals surface area contributed by atoms with Gasteiger partial charge in [-0.05, 0) is 18.2 Å². The van der Waals surface area contributed by atoms with Gasteiger partial charge in [0.15, 0.2) is 0 Å². The Bertz CT molecular complexity index is 484. The second-order valence-corrected chi connectivity index (χ2v) is 4.60. The van der Waals surface area contributed by atoms with Gasteiger partial charge in [0.25, 0.3) is 11.8 Å². The number of benzene rings is 1. The van der Waals surface area contributed by atoms with E-state index in [1.54, 1.807) is 18.2 Å². The molecule has 2 N–H and O–H groups in total. The van der Waals surface area contributed by atoms with Gasteiger partial charge in [0.05, 0.1) is 30.4 Å². The highest BCUT2D eigenvalue weighted by molar-refractivity contribution is 9.10. The summed E-state index contributed by atoms with van der Waals surface area (Å²) in [5.74, 6) is -0.968. The van der Waals surface area contributed by atoms with Crippen LogP contribution in [0.15, 0.2) is 22.7 Å². The topological polar surface area (TPSA) is 77.8 Å². The summed E-state index contributed by atoms with van der Waals surface area (Å²) >= 11 is 3.22. The van der Waals surface area contributed by atoms with Crippen LogP contribution in [0.5, 0.6) is 0 Å². The summed E-state index contributed by atoms with van der Waals surface area (Å²) in [6, 6.07) is 3.88. The molecule has 1 aromatic carbocycles. The number of rotatable bonds is 3. The third-order valence-corrected chi connectivity index (χ3v) is 3.16. The summed E-state index contributed by atoms with van der Waals surface area (Å²) in [6.07, 6.45) is 0. The Morgan fingerprint density at radius 2 is 1.71 bits per heavy atom. The molecule has 0 saturated carbocycles. The second-order valence-electron chi connectivity index (χ2n) is 3.69. The van der Waals surface area contributed by atoms with Gasteiger partial charge in [-0.15, -0.1) is 0 Å². The Morgan fingerprint density at radius 1 is 1.12 bits per heavy atom. The average Bonchev–Trinajstić information content (AvgIpc) is 2.56. The fourth-order valence-electron chi connectivity index (χ4n) is 1.78. The maximum atomic E-state index is 12.0. The standard InChI is InChI=1S/C11H10BrNO4/c12-6-1-2-8-9(3-6)11(17)13(10(8)16)7(4-14)5-15/h1-3,7,14-15H,4-5H2. The fourth-order valence-corrected chi connectivity index (χ4v) is 2.15. The Kier molecular flexibility index (Phi) is 3.28. The molecule has 1 aromatic rings. The number of carbonyl (C=O) groups is 2. The van der Waals surface area contributed by atoms with E-state index in [9.17, 15) is 9.59 Å². The third-order valence-electron chi connectivity index (χ3n) is 2.67. The number of nitrogens with zero attached hydrogens (tertiary/aromatic N) is 1. The molecule has 0 radical (unpaired) electrons. The molecule has 1 aliphatic heterocycles. The number of aliphatic hydroxyl groups excluding tert-OH is 2. The Hall–Kier alpha value is -1.24. The summed E-state index contributed by atoms with van der Waals surface area (Å²) in [5.41, 5.74) is 0.585. The third kappa shape index (κ3) is 1.88. The van der Waals surface area contributed by atoms with E-state index >= 15 is 0 Å². The molecular weight excluding hydrogens is 290 g/mol. The predicted molar refractivity (Wildman–Crippen MR) is 62.6 cm³/mol. The van der Waals surface area contributed by atoms with E-state index in [2.05, 4.69) is 15.9 Å². The molecular formula is C11H10BrNO4. The number of amides is 2. The van der Waals surface area contributed by atoms with Gasteiger partial charge >= 0.3 is 0 Å². The number of aliphatic hydroxyl groups is 2. The van der Waals surface area contributed by atoms with Crippen molar-refractivity contribution in [3.8, 4) is 0 Å². The lowest BCUT2D eigenvalue weighted by Crippen LogP contribution is -2.44. The van der Waals surface area contributed by atoms with Crippen LogP contribution in [0.1, 0.15) is 20.7 Å². The van der Waals surface area contributed by atoms with E-state index in [0.717, 1.165) is 4.90 Å². The van der Waals surface area contributed by atoms with Crippen LogP contribution < -0.4 is 0 Å². The molecule has 0 spiro atoms. The van der Waals surface area contributed by atoms with Crippen molar-refractivity contribution in [3.05, 3.63) is 33.8 Å². The van der Waals surface area contributed by atoms with Crippen molar-refractivity contribution in [2.24, 2.45) is 0 Å². The molecule has 0 atom stereocenters. The summed E-state index contributed by atoms with van der Waals surface area (Å²) in [5, 5.41) is 18.1. The molecule has 0 unspecified atom stereocenters. The Morgan fingerprint density at radius 3 is 2.29 bits per heavy atom. The average molecular weight is 300 g/mol. The molecule has 17 heavy (non-hydrogen) atoms. The van der Waals surface area contributed by atoms with Gasteiger partial charge in [-0.25, -0.2) is 0 Å². The van der Waals surface area contributed by atoms with Crippen LogP contribution in [-0.4, -0.2) is 46.2 Å². The minimum atomic E-state index is -0.888. The summed E-state index contributed by atoms with van der Waals surface area (Å²) in [4.78, 5) is 24.8. The minimum absolute atomic E-state index is 0.288. The van der Waals surface area contributed by atoms with E-state index in [0.29, 0.717) is 10.0 Å². The molecule has 1 heterocycles. The molecule has 0 aliphatic carbocycles. The fraction of sp³-hybridized carbons (Fsp3) is 0.273. The van der Waals surface area contributed by atoms with Gasteiger partial charge in [0, 0.05) is 4.47 Å². The van der Waals surface area contributed by atoms with Crippen molar-refractivity contribution < 1.29 is 19.8 Å². The zero-order chi connectivity index (χ0) is 12.6. The number of hydrogen-bond acceptors (Lipinski definition) is 4. The summed E-state index contributed by atoms with van der Waals surface area (Å²) in [7, 11) is 0. The monoisotopic (exact) mass is 299 g/mol. The van der Waals surface area contributed by atoms with Crippen LogP contribution in [-0.2, 0) is 0 Å². The Labute approximate surface area is 106 Å². The zero-order valence-corrected chi connectivity index (χ0v) is 10.3. The highest BCUT2D eigenvalue weighted by Gasteiger charge is 2.39. The van der Waals surface area contributed by atoms with Gasteiger partial charge in [0.2, 0.25) is 0 Å². The highest BCUT2D eigenvalue weighted by Crippen LogP contribution is 2.27. The van der Waals surface area contributed by atoms with Gasteiger partial charge in [-0.2, -0.15) is 0 Å². The smallest absolute Gasteiger partial charge is 0.262 e. The van der Waals surface area contributed by atoms with Crippen LogP contribution in [0.2, 0.25) is 0 Å². The Balaban J connectivity index is 2.45. The van der Waals surface area contributed by atoms with Crippen LogP contribution in [0, 0.1) is 0 Å². The first-order valence-electron chi connectivity index (χ1n) is 4.99. The minimum Gasteiger partial charge on any atom is -0.394 e. The molecule has 2 rings (SSSR count). The number of imide groups is 1. The van der Waals surface area contributed by atoms with Crippen LogP contribution in [0.25, 0.3) is 0 Å². The molecule has 2 amide bonds. The summed E-state index contributed by atoms with van der Waals surface area (Å²) < 4.78 is 0.698. The normalized spacial score (nSPS) is 14.7. The van der Waals surface area contributed by atoms with Crippen molar-refractivity contribution in [1.29, 1.82) is 0 Å². The molecule has 0 bridgehead atoms. The van der Waals surface area contributed by atoms with Crippen LogP contribution in [0.3, 0.4) is 0 Å². The molecule has 0 aromatic heterocycles. The van der Waals surface area contributed by atoms with Crippen molar-refractivity contribution in [2.75, 3.05) is 13.2 Å². The maximum Gasteiger partial charge on any atom is 0.262 e. The van der Waals surface area contributed by atoms with Gasteiger partial charge in [0.1, 0.15) is 0 Å². The number of fused-ring (bicyclic) bond motifs is 1. The molecule has 0 saturated heterocycles. The first-order chi connectivity index (χ1) is 8.10. The second kappa shape index (κ2) is 4.56. The van der Waals surface area contributed by atoms with Crippen molar-refractivity contribution >= 4 is 27.7 Å². The van der Waals surface area contributed by atoms with Crippen LogP contribution >= 0.6 is 15.9 Å². The first-order valence-corrected chi connectivity index (χ1v) is 5.78. The van der Waals surface area contributed by atoms with Crippen molar-refractivity contribution in [2.45, 2.75) is 6.04 Å². The lowest BCUT2D eigenvalue weighted by Gasteiger charge is -2.21. The predicted octanol–water partition coefficient (Wildman–Crippen LogP) is 0.398. The SMILES string of the molecule is O=C1c2ccc(Br)cc2C(=O)N1C(CO)CO. The molecule has 5 nitrogen and oxygen atoms in total. The van der Waals surface area contributed by atoms with Gasteiger partial charge in [-0.1, -0.05) is 15.9 Å². The van der Waals surface area contributed by atoms with Crippen molar-refractivity contribution in [3.63, 3.8) is 0 Å². The van der Waals surface area contributed by atoms with Crippen LogP contribution in [0.4, 0.5) is 0 Å². The summed E-state index contributed by atoms with van der Waals surface area (Å²) in [6.45, 7) is -0.910. The van der Waals surface area contributed by atoms with Gasteiger partial charge in [-0.3, -0.25) is 14.5 Å². The van der Waals surface area contributed by atoms with Crippen molar-refractivity contribution in [1.82, 2.24) is 4.90 Å². The first kappa shape index (κ1) is 12.2. The molecule has 1 aliphatic rings. The largest absolute Gasteiger partial charge is 0.394 e. The lowest BCUT2D eigenvalue weighted by molar-refractivity contribution is 0.0418. The zero-order valence-electron chi connectivity index (χ0n) is 8.76. The van der Waals surface area contributed by atoms with E-state index in [1.165, 1.54) is 0 Å². The number of carbonyl (C=O) groups excluding carboxylic acids is 2. The van der Waals surface area contributed by atoms with Gasteiger partial charge < -0.3 is 10.2 Å². The highest BCUT2D eigenvalue weighted by atomic mass is 79.9.